The summed E-state index contributed by atoms with van der Waals surface area (Å²) in [5.41, 5.74) is 1.00. The van der Waals surface area contributed by atoms with Crippen LogP contribution in [0.2, 0.25) is 0 Å². The number of ether oxygens (including phenoxy) is 1. The third kappa shape index (κ3) is 3.51. The van der Waals surface area contributed by atoms with E-state index >= 15 is 0 Å². The van der Waals surface area contributed by atoms with Gasteiger partial charge in [0.25, 0.3) is 0 Å². The molecule has 0 saturated carbocycles. The Morgan fingerprint density at radius 3 is 2.73 bits per heavy atom. The number of likely N-dealkylation sites (tertiary alicyclic amines) is 1. The van der Waals surface area contributed by atoms with E-state index in [0.717, 1.165) is 5.56 Å². The van der Waals surface area contributed by atoms with Crippen molar-refractivity contribution >= 4 is 29.5 Å². The maximum Gasteiger partial charge on any atom is 0.311 e. The molecule has 4 heterocycles. The highest BCUT2D eigenvalue weighted by Crippen LogP contribution is 2.61. The van der Waals surface area contributed by atoms with Gasteiger partial charge in [-0.1, -0.05) is 54.6 Å². The quantitative estimate of drug-likeness (QED) is 0.535. The van der Waals surface area contributed by atoms with Crippen LogP contribution in [-0.2, 0) is 25.7 Å². The number of hydrogen-bond acceptors (Lipinski definition) is 6. The molecule has 6 atom stereocenters. The van der Waals surface area contributed by atoms with Crippen LogP contribution in [0.25, 0.3) is 0 Å². The first-order valence-corrected chi connectivity index (χ1v) is 12.3. The molecule has 4 aliphatic rings. The summed E-state index contributed by atoms with van der Waals surface area (Å²) in [7, 11) is 0. The fourth-order valence-corrected chi connectivity index (χ4v) is 7.59. The summed E-state index contributed by atoms with van der Waals surface area (Å²) in [6.45, 7) is 2.62. The minimum Gasteiger partial charge on any atom is -0.465 e. The molecule has 5 rings (SSSR count). The highest BCUT2D eigenvalue weighted by Gasteiger charge is 2.71. The van der Waals surface area contributed by atoms with Crippen LogP contribution in [0.4, 0.5) is 0 Å². The van der Waals surface area contributed by atoms with Gasteiger partial charge in [-0.05, 0) is 18.9 Å². The number of carbonyl (C=O) groups excluding carboxylic acids is 3. The molecule has 2 fully saturated rings. The molecule has 0 bridgehead atoms. The SMILES string of the molecule is C[C@H](CO)N1C(=O)[C@@H]2[C@@H]3C(=O)OCCC=C[C@@H]3S[C@@]23C=CCN(Cc2ccccc2)C(=O)C13. The predicted molar refractivity (Wildman–Crippen MR) is 124 cm³/mol. The number of cyclic esters (lactones) is 1. The Kier molecular flexibility index (Phi) is 5.82. The Morgan fingerprint density at radius 1 is 1.18 bits per heavy atom. The number of benzene rings is 1. The number of rotatable bonds is 4. The summed E-state index contributed by atoms with van der Waals surface area (Å²) in [4.78, 5) is 44.2. The van der Waals surface area contributed by atoms with Crippen molar-refractivity contribution in [3.63, 3.8) is 0 Å². The molecule has 0 aliphatic carbocycles. The lowest BCUT2D eigenvalue weighted by Gasteiger charge is -2.37. The minimum atomic E-state index is -0.883. The van der Waals surface area contributed by atoms with Crippen LogP contribution in [-0.4, -0.2) is 74.5 Å². The highest BCUT2D eigenvalue weighted by atomic mass is 32.2. The van der Waals surface area contributed by atoms with Crippen LogP contribution in [0.3, 0.4) is 0 Å². The van der Waals surface area contributed by atoms with Gasteiger partial charge in [0.1, 0.15) is 6.04 Å². The molecule has 33 heavy (non-hydrogen) atoms. The van der Waals surface area contributed by atoms with Gasteiger partial charge in [0.05, 0.1) is 35.8 Å². The third-order valence-corrected chi connectivity index (χ3v) is 8.84. The number of carbonyl (C=O) groups is 3. The van der Waals surface area contributed by atoms with Gasteiger partial charge in [-0.3, -0.25) is 14.4 Å². The van der Waals surface area contributed by atoms with Crippen molar-refractivity contribution in [1.29, 1.82) is 0 Å². The first kappa shape index (κ1) is 22.2. The maximum absolute atomic E-state index is 14.0. The summed E-state index contributed by atoms with van der Waals surface area (Å²) in [6, 6.07) is 8.42. The molecule has 4 aliphatic heterocycles. The standard InChI is InChI=1S/C25H28N2O5S/c1-16(15-28)27-21-23(30)26(14-17-8-3-2-4-9-17)12-7-11-25(21)20(22(27)29)19-18(33-25)10-5-6-13-32-24(19)31/h2-5,7-11,16,18-21,28H,6,12-15H2,1H3/t16-,18+,19-,20+,21?,25+/m1/s1. The fourth-order valence-electron chi connectivity index (χ4n) is 5.60. The molecular weight excluding hydrogens is 440 g/mol. The molecule has 7 nitrogen and oxygen atoms in total. The highest BCUT2D eigenvalue weighted by molar-refractivity contribution is 8.02. The Balaban J connectivity index is 1.58. The summed E-state index contributed by atoms with van der Waals surface area (Å²) in [5.74, 6) is -2.16. The van der Waals surface area contributed by atoms with Crippen LogP contribution in [0, 0.1) is 11.8 Å². The molecule has 0 aromatic heterocycles. The van der Waals surface area contributed by atoms with Gasteiger partial charge in [0.2, 0.25) is 11.8 Å². The Morgan fingerprint density at radius 2 is 1.97 bits per heavy atom. The zero-order valence-corrected chi connectivity index (χ0v) is 19.3. The zero-order chi connectivity index (χ0) is 23.2. The molecule has 1 N–H and O–H groups in total. The van der Waals surface area contributed by atoms with E-state index in [2.05, 4.69) is 0 Å². The summed E-state index contributed by atoms with van der Waals surface area (Å²) in [5, 5.41) is 9.70. The molecule has 1 spiro atoms. The monoisotopic (exact) mass is 468 g/mol. The molecule has 0 radical (unpaired) electrons. The summed E-state index contributed by atoms with van der Waals surface area (Å²) < 4.78 is 4.58. The normalized spacial score (nSPS) is 34.2. The van der Waals surface area contributed by atoms with E-state index in [1.807, 2.05) is 54.6 Å². The Bertz CT molecular complexity index is 1010. The molecule has 2 amide bonds. The molecule has 1 unspecified atom stereocenters. The van der Waals surface area contributed by atoms with E-state index in [-0.39, 0.29) is 36.2 Å². The van der Waals surface area contributed by atoms with Crippen molar-refractivity contribution in [2.75, 3.05) is 19.8 Å². The van der Waals surface area contributed by atoms with Gasteiger partial charge >= 0.3 is 5.97 Å². The lowest BCUT2D eigenvalue weighted by molar-refractivity contribution is -0.153. The summed E-state index contributed by atoms with van der Waals surface area (Å²) in [6.07, 6.45) is 8.56. The van der Waals surface area contributed by atoms with Crippen LogP contribution in [0.15, 0.2) is 54.6 Å². The average molecular weight is 469 g/mol. The van der Waals surface area contributed by atoms with Gasteiger partial charge in [-0.2, -0.15) is 0 Å². The first-order chi connectivity index (χ1) is 16.0. The Labute approximate surface area is 197 Å². The Hall–Kier alpha value is -2.58. The molecule has 174 valence electrons. The van der Waals surface area contributed by atoms with Crippen LogP contribution in [0.1, 0.15) is 18.9 Å². The van der Waals surface area contributed by atoms with Gasteiger partial charge in [-0.15, -0.1) is 11.8 Å². The smallest absolute Gasteiger partial charge is 0.311 e. The predicted octanol–water partition coefficient (Wildman–Crippen LogP) is 1.77. The molecule has 1 aromatic carbocycles. The van der Waals surface area contributed by atoms with E-state index in [1.165, 1.54) is 16.7 Å². The molecule has 1 aromatic rings. The van der Waals surface area contributed by atoms with E-state index in [0.29, 0.717) is 19.5 Å². The minimum absolute atomic E-state index is 0.154. The number of fused-ring (bicyclic) bond motifs is 2. The lowest BCUT2D eigenvalue weighted by atomic mass is 9.78. The molecular formula is C25H28N2O5S. The van der Waals surface area contributed by atoms with Gasteiger partial charge in [-0.25, -0.2) is 0 Å². The van der Waals surface area contributed by atoms with Gasteiger partial charge in [0, 0.05) is 18.3 Å². The van der Waals surface area contributed by atoms with Crippen molar-refractivity contribution < 1.29 is 24.2 Å². The van der Waals surface area contributed by atoms with E-state index in [4.69, 9.17) is 4.74 Å². The fraction of sp³-hybridized carbons (Fsp3) is 0.480. The van der Waals surface area contributed by atoms with Crippen molar-refractivity contribution in [3.8, 4) is 0 Å². The van der Waals surface area contributed by atoms with Crippen LogP contribution < -0.4 is 0 Å². The topological polar surface area (TPSA) is 87.2 Å². The largest absolute Gasteiger partial charge is 0.465 e. The number of esters is 1. The number of aliphatic hydroxyl groups is 1. The molecule has 8 heteroatoms. The summed E-state index contributed by atoms with van der Waals surface area (Å²) >= 11 is 1.52. The average Bonchev–Trinajstić information content (AvgIpc) is 3.20. The van der Waals surface area contributed by atoms with Crippen molar-refractivity contribution in [1.82, 2.24) is 9.80 Å². The number of nitrogens with zero attached hydrogens (tertiary/aromatic N) is 2. The lowest BCUT2D eigenvalue weighted by Crippen LogP contribution is -2.55. The van der Waals surface area contributed by atoms with Gasteiger partial charge < -0.3 is 19.6 Å². The van der Waals surface area contributed by atoms with Crippen molar-refractivity contribution in [3.05, 3.63) is 60.2 Å². The van der Waals surface area contributed by atoms with Crippen LogP contribution in [0.5, 0.6) is 0 Å². The maximum atomic E-state index is 14.0. The van der Waals surface area contributed by atoms with Gasteiger partial charge in [0.15, 0.2) is 0 Å². The van der Waals surface area contributed by atoms with E-state index < -0.39 is 28.7 Å². The second kappa shape index (κ2) is 8.65. The second-order valence-electron chi connectivity index (χ2n) is 9.11. The van der Waals surface area contributed by atoms with Crippen LogP contribution >= 0.6 is 11.8 Å². The number of amides is 2. The molecule has 2 saturated heterocycles. The second-order valence-corrected chi connectivity index (χ2v) is 10.6. The van der Waals surface area contributed by atoms with Crippen molar-refractivity contribution in [2.24, 2.45) is 11.8 Å². The number of thioether (sulfide) groups is 1. The van der Waals surface area contributed by atoms with E-state index in [1.54, 1.807) is 11.8 Å². The third-order valence-electron chi connectivity index (χ3n) is 7.10. The zero-order valence-electron chi connectivity index (χ0n) is 18.5. The van der Waals surface area contributed by atoms with E-state index in [9.17, 15) is 19.5 Å². The number of aliphatic hydroxyl groups excluding tert-OH is 1. The van der Waals surface area contributed by atoms with Crippen molar-refractivity contribution in [2.45, 2.75) is 42.0 Å². The number of hydrogen-bond donors (Lipinski definition) is 1. The first-order valence-electron chi connectivity index (χ1n) is 11.4.